The van der Waals surface area contributed by atoms with Crippen LogP contribution in [-0.2, 0) is 22.1 Å². The second-order valence-corrected chi connectivity index (χ2v) is 8.53. The van der Waals surface area contributed by atoms with E-state index in [-0.39, 0.29) is 29.9 Å². The highest BCUT2D eigenvalue weighted by Crippen LogP contribution is 2.32. The van der Waals surface area contributed by atoms with Gasteiger partial charge in [-0.05, 0) is 42.0 Å². The summed E-state index contributed by atoms with van der Waals surface area (Å²) >= 11 is 5.77. The lowest BCUT2D eigenvalue weighted by atomic mass is 10.2. The number of carbonyl (C=O) groups is 1. The van der Waals surface area contributed by atoms with Crippen LogP contribution in [0.2, 0.25) is 5.02 Å². The van der Waals surface area contributed by atoms with E-state index in [1.54, 1.807) is 18.2 Å². The Hall–Kier alpha value is -3.11. The third-order valence-electron chi connectivity index (χ3n) is 4.04. The van der Waals surface area contributed by atoms with Crippen molar-refractivity contribution in [1.29, 1.82) is 0 Å². The van der Waals surface area contributed by atoms with Gasteiger partial charge in [-0.3, -0.25) is 4.79 Å². The largest absolute Gasteiger partial charge is 0.454 e. The first kappa shape index (κ1) is 19.2. The monoisotopic (exact) mass is 435 g/mol. The summed E-state index contributed by atoms with van der Waals surface area (Å²) in [4.78, 5) is 16.1. The zero-order valence-corrected chi connectivity index (χ0v) is 16.4. The van der Waals surface area contributed by atoms with Gasteiger partial charge in [0.05, 0.1) is 4.90 Å². The molecule has 9 nitrogen and oxygen atoms in total. The number of hydrogen-bond donors (Lipinski definition) is 1. The first-order chi connectivity index (χ1) is 13.9. The molecule has 4 rings (SSSR count). The number of aromatic nitrogens is 2. The van der Waals surface area contributed by atoms with Gasteiger partial charge in [0.25, 0.3) is 0 Å². The van der Waals surface area contributed by atoms with Gasteiger partial charge in [-0.2, -0.15) is 4.98 Å². The van der Waals surface area contributed by atoms with Crippen molar-refractivity contribution in [3.8, 4) is 11.5 Å². The highest BCUT2D eigenvalue weighted by atomic mass is 35.5. The number of nitrogens with one attached hydrogen (secondary N) is 1. The summed E-state index contributed by atoms with van der Waals surface area (Å²) < 4.78 is 40.2. The number of carbonyl (C=O) groups excluding carboxylic acids is 1. The quantitative estimate of drug-likeness (QED) is 0.626. The first-order valence-corrected chi connectivity index (χ1v) is 10.4. The number of rotatable bonds is 6. The molecule has 150 valence electrons. The van der Waals surface area contributed by atoms with Crippen molar-refractivity contribution in [2.75, 3.05) is 6.79 Å². The van der Waals surface area contributed by atoms with Gasteiger partial charge in [0.2, 0.25) is 6.79 Å². The fourth-order valence-electron chi connectivity index (χ4n) is 2.61. The summed E-state index contributed by atoms with van der Waals surface area (Å²) in [6.07, 6.45) is 0. The maximum Gasteiger partial charge on any atom is 0.315 e. The minimum atomic E-state index is -3.70. The molecule has 0 bridgehead atoms. The highest BCUT2D eigenvalue weighted by Gasteiger charge is 2.22. The second-order valence-electron chi connectivity index (χ2n) is 6.10. The van der Waals surface area contributed by atoms with E-state index in [0.29, 0.717) is 16.5 Å². The van der Waals surface area contributed by atoms with E-state index in [1.807, 2.05) is 0 Å². The van der Waals surface area contributed by atoms with E-state index in [0.717, 1.165) is 5.56 Å². The maximum absolute atomic E-state index is 12.4. The normalized spacial score (nSPS) is 12.7. The zero-order valence-electron chi connectivity index (χ0n) is 14.8. The summed E-state index contributed by atoms with van der Waals surface area (Å²) in [5.41, 5.74) is 0.785. The molecule has 1 aliphatic rings. The molecule has 0 fully saturated rings. The molecule has 3 aromatic rings. The summed E-state index contributed by atoms with van der Waals surface area (Å²) in [5, 5.41) is 6.63. The number of ether oxygens (including phenoxy) is 2. The minimum absolute atomic E-state index is 0.0699. The van der Waals surface area contributed by atoms with Crippen molar-refractivity contribution >= 4 is 27.3 Å². The van der Waals surface area contributed by atoms with E-state index in [2.05, 4.69) is 15.5 Å². The lowest BCUT2D eigenvalue weighted by Gasteiger charge is -2.04. The smallest absolute Gasteiger partial charge is 0.315 e. The molecule has 1 aromatic heterocycles. The molecule has 1 N–H and O–H groups in total. The van der Waals surface area contributed by atoms with Gasteiger partial charge >= 0.3 is 11.8 Å². The fraction of sp³-hybridized carbons (Fsp3) is 0.167. The Bertz CT molecular complexity index is 1160. The van der Waals surface area contributed by atoms with Crippen LogP contribution in [0.15, 0.2) is 51.9 Å². The molecule has 0 atom stereocenters. The molecule has 0 saturated carbocycles. The van der Waals surface area contributed by atoms with Gasteiger partial charge < -0.3 is 19.3 Å². The Morgan fingerprint density at radius 1 is 1.10 bits per heavy atom. The van der Waals surface area contributed by atoms with E-state index in [1.165, 1.54) is 24.3 Å². The van der Waals surface area contributed by atoms with Crippen LogP contribution in [0, 0.1) is 0 Å². The topological polar surface area (TPSA) is 121 Å². The molecule has 11 heteroatoms. The molecule has 0 aliphatic carbocycles. The van der Waals surface area contributed by atoms with E-state index in [4.69, 9.17) is 25.6 Å². The molecule has 0 saturated heterocycles. The van der Waals surface area contributed by atoms with Gasteiger partial charge in [0.15, 0.2) is 27.2 Å². The minimum Gasteiger partial charge on any atom is -0.454 e. The number of hydrogen-bond acceptors (Lipinski definition) is 8. The first-order valence-electron chi connectivity index (χ1n) is 8.38. The van der Waals surface area contributed by atoms with Crippen LogP contribution in [-0.4, -0.2) is 31.3 Å². The van der Waals surface area contributed by atoms with Crippen molar-refractivity contribution in [1.82, 2.24) is 15.5 Å². The maximum atomic E-state index is 12.4. The van der Waals surface area contributed by atoms with E-state index >= 15 is 0 Å². The van der Waals surface area contributed by atoms with Crippen LogP contribution < -0.4 is 14.8 Å². The van der Waals surface area contributed by atoms with Crippen molar-refractivity contribution < 1.29 is 27.2 Å². The predicted molar refractivity (Wildman–Crippen MR) is 100 cm³/mol. The molecule has 0 unspecified atom stereocenters. The Kier molecular flexibility index (Phi) is 5.12. The SMILES string of the molecule is O=C(NCc1ccc2c(c1)OCO2)c1nc(CS(=O)(=O)c2ccc(Cl)cc2)no1. The number of amides is 1. The third-order valence-corrected chi connectivity index (χ3v) is 5.92. The van der Waals surface area contributed by atoms with Gasteiger partial charge in [-0.25, -0.2) is 8.42 Å². The standard InChI is InChI=1S/C18H14ClN3O6S/c19-12-2-4-13(5-3-12)29(24,25)9-16-21-18(28-22-16)17(23)20-8-11-1-6-14-15(7-11)27-10-26-14/h1-7H,8-10H2,(H,20,23). The fourth-order valence-corrected chi connectivity index (χ4v) is 3.91. The number of fused-ring (bicyclic) bond motifs is 1. The Balaban J connectivity index is 1.39. The predicted octanol–water partition coefficient (Wildman–Crippen LogP) is 2.36. The van der Waals surface area contributed by atoms with Crippen LogP contribution in [0.1, 0.15) is 22.1 Å². The zero-order chi connectivity index (χ0) is 20.4. The number of benzene rings is 2. The van der Waals surface area contributed by atoms with Crippen LogP contribution in [0.5, 0.6) is 11.5 Å². The Morgan fingerprint density at radius 3 is 2.66 bits per heavy atom. The molecule has 2 heterocycles. The summed E-state index contributed by atoms with van der Waals surface area (Å²) in [7, 11) is -3.70. The molecule has 1 amide bonds. The van der Waals surface area contributed by atoms with Crippen molar-refractivity contribution in [3.63, 3.8) is 0 Å². The molecule has 1 aliphatic heterocycles. The third kappa shape index (κ3) is 4.33. The number of nitrogens with zero attached hydrogens (tertiary/aromatic N) is 2. The lowest BCUT2D eigenvalue weighted by Crippen LogP contribution is -2.23. The Labute approximate surface area is 170 Å². The van der Waals surface area contributed by atoms with Crippen molar-refractivity contribution in [3.05, 3.63) is 64.8 Å². The summed E-state index contributed by atoms with van der Waals surface area (Å²) in [6, 6.07) is 11.0. The van der Waals surface area contributed by atoms with Crippen LogP contribution >= 0.6 is 11.6 Å². The van der Waals surface area contributed by atoms with Gasteiger partial charge in [0.1, 0.15) is 5.75 Å². The van der Waals surface area contributed by atoms with Crippen LogP contribution in [0.25, 0.3) is 0 Å². The highest BCUT2D eigenvalue weighted by molar-refractivity contribution is 7.90. The summed E-state index contributed by atoms with van der Waals surface area (Å²) in [6.45, 7) is 0.352. The van der Waals surface area contributed by atoms with Crippen LogP contribution in [0.3, 0.4) is 0 Å². The lowest BCUT2D eigenvalue weighted by molar-refractivity contribution is 0.0907. The molecule has 0 spiro atoms. The molecule has 2 aromatic carbocycles. The number of halogens is 1. The molecular weight excluding hydrogens is 422 g/mol. The summed E-state index contributed by atoms with van der Waals surface area (Å²) in [5.74, 6) is -0.327. The molecular formula is C18H14ClN3O6S. The van der Waals surface area contributed by atoms with Crippen molar-refractivity contribution in [2.24, 2.45) is 0 Å². The average molecular weight is 436 g/mol. The number of sulfone groups is 1. The van der Waals surface area contributed by atoms with Gasteiger partial charge in [-0.1, -0.05) is 22.8 Å². The molecule has 0 radical (unpaired) electrons. The van der Waals surface area contributed by atoms with Crippen LogP contribution in [0.4, 0.5) is 0 Å². The van der Waals surface area contributed by atoms with Crippen molar-refractivity contribution in [2.45, 2.75) is 17.2 Å². The van der Waals surface area contributed by atoms with E-state index < -0.39 is 21.5 Å². The van der Waals surface area contributed by atoms with E-state index in [9.17, 15) is 13.2 Å². The van der Waals surface area contributed by atoms with Gasteiger partial charge in [0, 0.05) is 11.6 Å². The molecule has 29 heavy (non-hydrogen) atoms. The average Bonchev–Trinajstić information content (AvgIpc) is 3.35. The van der Waals surface area contributed by atoms with Gasteiger partial charge in [-0.15, -0.1) is 0 Å². The Morgan fingerprint density at radius 2 is 1.86 bits per heavy atom. The second kappa shape index (κ2) is 7.72.